The molecular formula is C27H35N7O6. The SMILES string of the molecule is COc1ccc2cc1OCCn1nc(C)nc1[C@H](C(C)C)NC(=O)CN(C(=O)c1ocnc1C)CCCNC2=O. The summed E-state index contributed by atoms with van der Waals surface area (Å²) < 4.78 is 18.4. The van der Waals surface area contributed by atoms with Crippen LogP contribution in [0.4, 0.5) is 0 Å². The van der Waals surface area contributed by atoms with Gasteiger partial charge < -0.3 is 29.4 Å². The summed E-state index contributed by atoms with van der Waals surface area (Å²) in [5.74, 6) is 0.965. The van der Waals surface area contributed by atoms with Crippen molar-refractivity contribution in [2.75, 3.05) is 33.4 Å². The van der Waals surface area contributed by atoms with Crippen molar-refractivity contribution >= 4 is 17.7 Å². The van der Waals surface area contributed by atoms with Crippen LogP contribution in [-0.2, 0) is 11.3 Å². The third-order valence-electron chi connectivity index (χ3n) is 6.51. The summed E-state index contributed by atoms with van der Waals surface area (Å²) in [6.07, 6.45) is 1.60. The van der Waals surface area contributed by atoms with E-state index in [1.165, 1.54) is 18.4 Å². The maximum absolute atomic E-state index is 13.3. The van der Waals surface area contributed by atoms with Crippen LogP contribution >= 0.6 is 0 Å². The second-order valence-corrected chi connectivity index (χ2v) is 9.85. The van der Waals surface area contributed by atoms with Gasteiger partial charge in [0.15, 0.2) is 17.9 Å². The molecular weight excluding hydrogens is 518 g/mol. The van der Waals surface area contributed by atoms with E-state index >= 15 is 0 Å². The molecule has 2 bridgehead atoms. The highest BCUT2D eigenvalue weighted by Gasteiger charge is 2.28. The molecule has 1 atom stereocenters. The zero-order valence-electron chi connectivity index (χ0n) is 23.4. The Labute approximate surface area is 232 Å². The summed E-state index contributed by atoms with van der Waals surface area (Å²) >= 11 is 0. The monoisotopic (exact) mass is 553 g/mol. The summed E-state index contributed by atoms with van der Waals surface area (Å²) in [6.45, 7) is 8.21. The molecule has 4 rings (SSSR count). The lowest BCUT2D eigenvalue weighted by molar-refractivity contribution is -0.123. The lowest BCUT2D eigenvalue weighted by Gasteiger charge is -2.26. The zero-order chi connectivity index (χ0) is 28.8. The van der Waals surface area contributed by atoms with Crippen LogP contribution in [0.5, 0.6) is 11.5 Å². The van der Waals surface area contributed by atoms with Crippen LogP contribution in [0.3, 0.4) is 0 Å². The van der Waals surface area contributed by atoms with Crippen LogP contribution in [-0.4, -0.2) is 75.7 Å². The number of carbonyl (C=O) groups excluding carboxylic acids is 3. The highest BCUT2D eigenvalue weighted by molar-refractivity contribution is 5.95. The number of benzene rings is 1. The van der Waals surface area contributed by atoms with Gasteiger partial charge in [0, 0.05) is 18.7 Å². The van der Waals surface area contributed by atoms with Crippen LogP contribution in [0.1, 0.15) is 64.6 Å². The van der Waals surface area contributed by atoms with E-state index < -0.39 is 11.9 Å². The highest BCUT2D eigenvalue weighted by atomic mass is 16.5. The van der Waals surface area contributed by atoms with Crippen molar-refractivity contribution in [3.8, 4) is 11.5 Å². The second-order valence-electron chi connectivity index (χ2n) is 9.85. The van der Waals surface area contributed by atoms with Crippen LogP contribution in [0, 0.1) is 19.8 Å². The molecule has 0 unspecified atom stereocenters. The summed E-state index contributed by atoms with van der Waals surface area (Å²) in [5.41, 5.74) is 0.831. The molecule has 3 amide bonds. The first-order valence-corrected chi connectivity index (χ1v) is 13.2. The van der Waals surface area contributed by atoms with Gasteiger partial charge in [-0.2, -0.15) is 5.10 Å². The zero-order valence-corrected chi connectivity index (χ0v) is 23.4. The Balaban J connectivity index is 1.66. The lowest BCUT2D eigenvalue weighted by atomic mass is 10.0. The van der Waals surface area contributed by atoms with Gasteiger partial charge in [0.1, 0.15) is 18.3 Å². The molecule has 0 saturated heterocycles. The number of nitrogens with one attached hydrogen (secondary N) is 2. The maximum Gasteiger partial charge on any atom is 0.292 e. The van der Waals surface area contributed by atoms with Gasteiger partial charge in [0.05, 0.1) is 31.9 Å². The molecule has 1 aromatic carbocycles. The Hall–Kier alpha value is -4.42. The van der Waals surface area contributed by atoms with Crippen molar-refractivity contribution in [3.05, 3.63) is 53.3 Å². The molecule has 13 heteroatoms. The second kappa shape index (κ2) is 12.6. The molecule has 2 N–H and O–H groups in total. The van der Waals surface area contributed by atoms with Gasteiger partial charge in [-0.25, -0.2) is 14.6 Å². The minimum Gasteiger partial charge on any atom is -0.493 e. The van der Waals surface area contributed by atoms with Crippen LogP contribution in [0.25, 0.3) is 0 Å². The number of carbonyl (C=O) groups is 3. The van der Waals surface area contributed by atoms with Gasteiger partial charge >= 0.3 is 0 Å². The van der Waals surface area contributed by atoms with E-state index in [1.807, 2.05) is 13.8 Å². The predicted octanol–water partition coefficient (Wildman–Crippen LogP) is 2.06. The van der Waals surface area contributed by atoms with Gasteiger partial charge in [-0.3, -0.25) is 14.4 Å². The quantitative estimate of drug-likeness (QED) is 0.496. The van der Waals surface area contributed by atoms with Crippen molar-refractivity contribution in [1.29, 1.82) is 0 Å². The molecule has 2 aromatic heterocycles. The minimum absolute atomic E-state index is 0.0227. The molecule has 0 radical (unpaired) electrons. The fourth-order valence-electron chi connectivity index (χ4n) is 4.44. The number of oxazole rings is 1. The molecule has 214 valence electrons. The summed E-state index contributed by atoms with van der Waals surface area (Å²) in [6, 6.07) is 4.50. The first kappa shape index (κ1) is 28.6. The summed E-state index contributed by atoms with van der Waals surface area (Å²) in [5, 5.41) is 10.4. The van der Waals surface area contributed by atoms with Crippen molar-refractivity contribution in [1.82, 2.24) is 35.3 Å². The van der Waals surface area contributed by atoms with Crippen molar-refractivity contribution in [3.63, 3.8) is 0 Å². The summed E-state index contributed by atoms with van der Waals surface area (Å²) in [7, 11) is 1.53. The number of hydrogen-bond donors (Lipinski definition) is 2. The Morgan fingerprint density at radius 3 is 2.70 bits per heavy atom. The van der Waals surface area contributed by atoms with Gasteiger partial charge in [-0.15, -0.1) is 0 Å². The third kappa shape index (κ3) is 6.58. The molecule has 1 aliphatic rings. The number of ether oxygens (including phenoxy) is 2. The Morgan fingerprint density at radius 2 is 2.00 bits per heavy atom. The minimum atomic E-state index is -0.464. The average Bonchev–Trinajstić information content (AvgIpc) is 3.52. The molecule has 0 aliphatic carbocycles. The van der Waals surface area contributed by atoms with Crippen LogP contribution in [0.15, 0.2) is 29.0 Å². The predicted molar refractivity (Wildman–Crippen MR) is 143 cm³/mol. The van der Waals surface area contributed by atoms with E-state index in [-0.39, 0.29) is 49.7 Å². The van der Waals surface area contributed by atoms with Crippen LogP contribution in [0.2, 0.25) is 0 Å². The van der Waals surface area contributed by atoms with E-state index in [1.54, 1.807) is 36.7 Å². The molecule has 13 nitrogen and oxygen atoms in total. The highest BCUT2D eigenvalue weighted by Crippen LogP contribution is 2.28. The molecule has 0 fully saturated rings. The molecule has 0 saturated carbocycles. The number of amides is 3. The molecule has 1 aliphatic heterocycles. The number of methoxy groups -OCH3 is 1. The van der Waals surface area contributed by atoms with Crippen molar-refractivity contribution in [2.24, 2.45) is 5.92 Å². The average molecular weight is 554 g/mol. The number of aryl methyl sites for hydroxylation is 2. The van der Waals surface area contributed by atoms with Gasteiger partial charge in [0.2, 0.25) is 11.7 Å². The van der Waals surface area contributed by atoms with Gasteiger partial charge in [0.25, 0.3) is 11.8 Å². The Kier molecular flexibility index (Phi) is 9.02. The Bertz CT molecular complexity index is 1370. The first-order valence-electron chi connectivity index (χ1n) is 13.2. The normalized spacial score (nSPS) is 17.2. The molecule has 3 aromatic rings. The fraction of sp³-hybridized carbons (Fsp3) is 0.481. The van der Waals surface area contributed by atoms with E-state index in [0.29, 0.717) is 47.4 Å². The Morgan fingerprint density at radius 1 is 1.20 bits per heavy atom. The number of fused-ring (bicyclic) bond motifs is 3. The van der Waals surface area contributed by atoms with Gasteiger partial charge in [-0.1, -0.05) is 13.8 Å². The number of hydrogen-bond acceptors (Lipinski definition) is 9. The first-order chi connectivity index (χ1) is 19.2. The lowest BCUT2D eigenvalue weighted by Crippen LogP contribution is -2.44. The smallest absolute Gasteiger partial charge is 0.292 e. The van der Waals surface area contributed by atoms with E-state index in [4.69, 9.17) is 13.9 Å². The standard InChI is InChI=1S/C27H35N7O6/c1-16(2)23-25-30-18(4)32-34(25)11-12-39-21-13-19(7-8-20(21)38-5)26(36)28-9-6-10-33(14-22(35)31-23)27(37)24-17(3)29-15-40-24/h7-8,13,15-16,23H,6,9-12,14H2,1-5H3,(H,28,36)(H,31,35)/t23-/m0/s1. The molecule has 3 heterocycles. The molecule has 40 heavy (non-hydrogen) atoms. The van der Waals surface area contributed by atoms with E-state index in [9.17, 15) is 14.4 Å². The van der Waals surface area contributed by atoms with Crippen molar-refractivity contribution < 1.29 is 28.3 Å². The summed E-state index contributed by atoms with van der Waals surface area (Å²) in [4.78, 5) is 49.4. The molecule has 0 spiro atoms. The topological polar surface area (TPSA) is 154 Å². The third-order valence-corrected chi connectivity index (χ3v) is 6.51. The fourth-order valence-corrected chi connectivity index (χ4v) is 4.44. The maximum atomic E-state index is 13.3. The largest absolute Gasteiger partial charge is 0.493 e. The number of aromatic nitrogens is 4. The number of nitrogens with zero attached hydrogens (tertiary/aromatic N) is 5. The number of rotatable bonds is 3. The van der Waals surface area contributed by atoms with E-state index in [0.717, 1.165) is 0 Å². The van der Waals surface area contributed by atoms with E-state index in [2.05, 4.69) is 25.7 Å². The van der Waals surface area contributed by atoms with Gasteiger partial charge in [-0.05, 0) is 44.4 Å². The van der Waals surface area contributed by atoms with Crippen LogP contribution < -0.4 is 20.1 Å². The van der Waals surface area contributed by atoms with Crippen molar-refractivity contribution in [2.45, 2.75) is 46.7 Å².